The second-order valence-electron chi connectivity index (χ2n) is 7.39. The molecule has 0 saturated heterocycles. The van der Waals surface area contributed by atoms with Crippen LogP contribution in [-0.4, -0.2) is 16.5 Å². The van der Waals surface area contributed by atoms with E-state index in [0.717, 1.165) is 29.4 Å². The highest BCUT2D eigenvalue weighted by molar-refractivity contribution is 7.18. The Labute approximate surface area is 159 Å². The van der Waals surface area contributed by atoms with Gasteiger partial charge in [0.2, 0.25) is 0 Å². The van der Waals surface area contributed by atoms with E-state index < -0.39 is 0 Å². The maximum atomic E-state index is 5.01. The third kappa shape index (κ3) is 3.61. The number of aromatic nitrogens is 2. The molecule has 3 aromatic rings. The molecule has 2 aromatic heterocycles. The fraction of sp³-hybridized carbons (Fsp3) is 0.455. The second-order valence-corrected chi connectivity index (χ2v) is 8.59. The molecule has 1 fully saturated rings. The normalized spacial score (nSPS) is 15.5. The Hall–Kier alpha value is -1.94. The molecule has 0 bridgehead atoms. The van der Waals surface area contributed by atoms with E-state index in [1.165, 1.54) is 53.5 Å². The molecule has 0 atom stereocenters. The summed E-state index contributed by atoms with van der Waals surface area (Å²) in [6.45, 7) is 5.28. The quantitative estimate of drug-likeness (QED) is 0.601. The Bertz CT molecular complexity index is 879. The molecule has 1 aromatic carbocycles. The van der Waals surface area contributed by atoms with E-state index in [1.807, 2.05) is 11.3 Å². The molecule has 2 heterocycles. The van der Waals surface area contributed by atoms with Crippen molar-refractivity contribution in [2.75, 3.05) is 11.9 Å². The minimum atomic E-state index is 0.533. The van der Waals surface area contributed by atoms with Gasteiger partial charge in [-0.1, -0.05) is 49.6 Å². The molecule has 0 amide bonds. The van der Waals surface area contributed by atoms with Gasteiger partial charge in [-0.15, -0.1) is 11.3 Å². The molecule has 0 unspecified atom stereocenters. The van der Waals surface area contributed by atoms with Gasteiger partial charge in [-0.3, -0.25) is 0 Å². The number of nitrogens with one attached hydrogen (secondary N) is 1. The maximum Gasteiger partial charge on any atom is 0.138 e. The topological polar surface area (TPSA) is 37.8 Å². The first-order chi connectivity index (χ1) is 12.7. The van der Waals surface area contributed by atoms with E-state index in [0.29, 0.717) is 5.92 Å². The third-order valence-electron chi connectivity index (χ3n) is 5.57. The zero-order valence-electron chi connectivity index (χ0n) is 15.7. The summed E-state index contributed by atoms with van der Waals surface area (Å²) < 4.78 is 0. The first-order valence-electron chi connectivity index (χ1n) is 9.78. The lowest BCUT2D eigenvalue weighted by Crippen LogP contribution is -2.12. The second kappa shape index (κ2) is 7.75. The lowest BCUT2D eigenvalue weighted by Gasteiger charge is -2.21. The first kappa shape index (κ1) is 17.5. The number of thiophene rings is 1. The van der Waals surface area contributed by atoms with Crippen molar-refractivity contribution >= 4 is 27.4 Å². The Morgan fingerprint density at radius 2 is 1.81 bits per heavy atom. The van der Waals surface area contributed by atoms with E-state index in [2.05, 4.69) is 49.5 Å². The van der Waals surface area contributed by atoms with E-state index in [-0.39, 0.29) is 0 Å². The van der Waals surface area contributed by atoms with Crippen LogP contribution < -0.4 is 5.32 Å². The summed E-state index contributed by atoms with van der Waals surface area (Å²) in [6, 6.07) is 10.6. The van der Waals surface area contributed by atoms with Gasteiger partial charge in [-0.2, -0.15) is 0 Å². The summed E-state index contributed by atoms with van der Waals surface area (Å²) in [4.78, 5) is 12.5. The van der Waals surface area contributed by atoms with Gasteiger partial charge >= 0.3 is 0 Å². The number of aryl methyl sites for hydroxylation is 2. The molecule has 1 N–H and O–H groups in total. The predicted octanol–water partition coefficient (Wildman–Crippen LogP) is 6.01. The van der Waals surface area contributed by atoms with Crippen LogP contribution in [0.5, 0.6) is 0 Å². The summed E-state index contributed by atoms with van der Waals surface area (Å²) in [5.41, 5.74) is 2.68. The van der Waals surface area contributed by atoms with Crippen molar-refractivity contribution in [3.63, 3.8) is 0 Å². The highest BCUT2D eigenvalue weighted by Gasteiger charge is 2.21. The van der Waals surface area contributed by atoms with E-state index in [9.17, 15) is 0 Å². The standard InChI is InChI=1S/C22H27N3S/c1-15-16(2)26-22-19(15)21(23-14-13-17-9-5-3-6-10-17)24-20(25-22)18-11-7-4-8-12-18/h3,5-6,9-10,18H,4,7-8,11-14H2,1-2H3,(H,23,24,25). The van der Waals surface area contributed by atoms with Crippen LogP contribution in [0, 0.1) is 13.8 Å². The molecule has 4 rings (SSSR count). The van der Waals surface area contributed by atoms with Crippen LogP contribution in [0.3, 0.4) is 0 Å². The van der Waals surface area contributed by atoms with Crippen molar-refractivity contribution in [1.29, 1.82) is 0 Å². The van der Waals surface area contributed by atoms with E-state index >= 15 is 0 Å². The molecule has 4 heteroatoms. The molecule has 26 heavy (non-hydrogen) atoms. The number of nitrogens with zero attached hydrogens (tertiary/aromatic N) is 2. The number of benzene rings is 1. The van der Waals surface area contributed by atoms with Gasteiger partial charge in [0.05, 0.1) is 5.39 Å². The lowest BCUT2D eigenvalue weighted by molar-refractivity contribution is 0.430. The van der Waals surface area contributed by atoms with Crippen LogP contribution in [0.1, 0.15) is 59.9 Å². The number of hydrogen-bond acceptors (Lipinski definition) is 4. The molecular formula is C22H27N3S. The van der Waals surface area contributed by atoms with Crippen LogP contribution in [0.15, 0.2) is 30.3 Å². The summed E-state index contributed by atoms with van der Waals surface area (Å²) in [7, 11) is 0. The Kier molecular flexibility index (Phi) is 5.21. The molecular weight excluding hydrogens is 338 g/mol. The highest BCUT2D eigenvalue weighted by atomic mass is 32.1. The molecule has 0 aliphatic heterocycles. The SMILES string of the molecule is Cc1sc2nc(C3CCCCC3)nc(NCCc3ccccc3)c2c1C. The van der Waals surface area contributed by atoms with Gasteiger partial charge in [0.25, 0.3) is 0 Å². The summed E-state index contributed by atoms with van der Waals surface area (Å²) in [5, 5.41) is 4.85. The van der Waals surface area contributed by atoms with Gasteiger partial charge in [-0.05, 0) is 44.2 Å². The molecule has 1 aliphatic carbocycles. The molecule has 136 valence electrons. The van der Waals surface area contributed by atoms with Gasteiger partial charge < -0.3 is 5.32 Å². The molecule has 3 nitrogen and oxygen atoms in total. The van der Waals surface area contributed by atoms with Crippen LogP contribution in [-0.2, 0) is 6.42 Å². The molecule has 0 spiro atoms. The fourth-order valence-corrected chi connectivity index (χ4v) is 4.94. The van der Waals surface area contributed by atoms with Crippen molar-refractivity contribution in [2.24, 2.45) is 0 Å². The van der Waals surface area contributed by atoms with E-state index in [1.54, 1.807) is 0 Å². The summed E-state index contributed by atoms with van der Waals surface area (Å²) >= 11 is 1.81. The highest BCUT2D eigenvalue weighted by Crippen LogP contribution is 2.37. The summed E-state index contributed by atoms with van der Waals surface area (Å²) in [5.74, 6) is 2.62. The predicted molar refractivity (Wildman–Crippen MR) is 111 cm³/mol. The smallest absolute Gasteiger partial charge is 0.138 e. The zero-order chi connectivity index (χ0) is 17.9. The van der Waals surface area contributed by atoms with Crippen LogP contribution >= 0.6 is 11.3 Å². The summed E-state index contributed by atoms with van der Waals surface area (Å²) in [6.07, 6.45) is 7.46. The third-order valence-corrected chi connectivity index (χ3v) is 6.67. The number of hydrogen-bond donors (Lipinski definition) is 1. The number of anilines is 1. The van der Waals surface area contributed by atoms with Crippen molar-refractivity contribution in [2.45, 2.75) is 58.3 Å². The minimum absolute atomic E-state index is 0.533. The minimum Gasteiger partial charge on any atom is -0.369 e. The first-order valence-corrected chi connectivity index (χ1v) is 10.6. The monoisotopic (exact) mass is 365 g/mol. The lowest BCUT2D eigenvalue weighted by atomic mass is 9.88. The Balaban J connectivity index is 1.62. The van der Waals surface area contributed by atoms with Crippen LogP contribution in [0.25, 0.3) is 10.2 Å². The average molecular weight is 366 g/mol. The van der Waals surface area contributed by atoms with Gasteiger partial charge in [0.15, 0.2) is 0 Å². The van der Waals surface area contributed by atoms with Crippen LogP contribution in [0.2, 0.25) is 0 Å². The van der Waals surface area contributed by atoms with Crippen molar-refractivity contribution in [1.82, 2.24) is 9.97 Å². The fourth-order valence-electron chi connectivity index (χ4n) is 3.91. The molecule has 0 radical (unpaired) electrons. The van der Waals surface area contributed by atoms with Crippen molar-refractivity contribution in [3.8, 4) is 0 Å². The van der Waals surface area contributed by atoms with Crippen molar-refractivity contribution < 1.29 is 0 Å². The number of fused-ring (bicyclic) bond motifs is 1. The largest absolute Gasteiger partial charge is 0.369 e. The number of rotatable bonds is 5. The van der Waals surface area contributed by atoms with Gasteiger partial charge in [0.1, 0.15) is 16.5 Å². The van der Waals surface area contributed by atoms with Crippen molar-refractivity contribution in [3.05, 3.63) is 52.2 Å². The Morgan fingerprint density at radius 3 is 2.58 bits per heavy atom. The molecule has 1 aliphatic rings. The maximum absolute atomic E-state index is 5.01. The average Bonchev–Trinajstić information content (AvgIpc) is 2.97. The van der Waals surface area contributed by atoms with E-state index in [4.69, 9.17) is 9.97 Å². The van der Waals surface area contributed by atoms with Crippen LogP contribution in [0.4, 0.5) is 5.82 Å². The zero-order valence-corrected chi connectivity index (χ0v) is 16.5. The van der Waals surface area contributed by atoms with Gasteiger partial charge in [-0.25, -0.2) is 9.97 Å². The van der Waals surface area contributed by atoms with Gasteiger partial charge in [0, 0.05) is 17.3 Å². The molecule has 1 saturated carbocycles. The Morgan fingerprint density at radius 1 is 1.04 bits per heavy atom.